The minimum atomic E-state index is -0.737. The number of likely N-dealkylation sites (tertiary alicyclic amines) is 1. The van der Waals surface area contributed by atoms with Crippen molar-refractivity contribution in [2.24, 2.45) is 17.3 Å². The fraction of sp³-hybridized carbons (Fsp3) is 0.556. The number of aromatic nitrogens is 2. The Labute approximate surface area is 503 Å². The summed E-state index contributed by atoms with van der Waals surface area (Å²) in [5.74, 6) is -0.393. The predicted octanol–water partition coefficient (Wildman–Crippen LogP) is 6.67. The van der Waals surface area contributed by atoms with Gasteiger partial charge in [-0.05, 0) is 99.8 Å². The molecule has 21 nitrogen and oxygen atoms in total. The number of nitrogens with zero attached hydrogens (tertiary/aromatic N) is 4. The number of rotatable bonds is 34. The van der Waals surface area contributed by atoms with E-state index in [-0.39, 0.29) is 66.8 Å². The van der Waals surface area contributed by atoms with Crippen LogP contribution < -0.4 is 31.3 Å². The first-order chi connectivity index (χ1) is 41.3. The van der Waals surface area contributed by atoms with Gasteiger partial charge in [-0.15, -0.1) is 0 Å². The maximum absolute atomic E-state index is 14.3. The van der Waals surface area contributed by atoms with E-state index in [9.17, 15) is 28.8 Å². The fourth-order valence-corrected chi connectivity index (χ4v) is 11.9. The molecule has 3 atom stereocenters. The van der Waals surface area contributed by atoms with Gasteiger partial charge in [-0.1, -0.05) is 97.3 Å². The van der Waals surface area contributed by atoms with Crippen LogP contribution in [0.4, 0.5) is 10.1 Å². The van der Waals surface area contributed by atoms with Gasteiger partial charge in [-0.2, -0.15) is 0 Å². The van der Waals surface area contributed by atoms with Crippen molar-refractivity contribution in [3.8, 4) is 17.0 Å². The fourth-order valence-electron chi connectivity index (χ4n) is 11.0. The molecule has 1 spiro atoms. The Balaban J connectivity index is 0.646. The number of carbonyl (C=O) groups excluding carboxylic acids is 6. The molecule has 1 aliphatic heterocycles. The maximum Gasteiger partial charge on any atom is 0.270 e. The molecule has 3 aliphatic carbocycles. The van der Waals surface area contributed by atoms with Gasteiger partial charge in [-0.25, -0.2) is 9.97 Å². The van der Waals surface area contributed by atoms with Gasteiger partial charge in [0.2, 0.25) is 23.6 Å². The first-order valence-corrected chi connectivity index (χ1v) is 30.8. The molecule has 22 heteroatoms. The average Bonchev–Trinajstić information content (AvgIpc) is 2.44. The van der Waals surface area contributed by atoms with Crippen LogP contribution in [-0.4, -0.2) is 174 Å². The number of thiazole rings is 1. The van der Waals surface area contributed by atoms with Gasteiger partial charge in [-0.3, -0.25) is 34.1 Å². The first-order valence-electron chi connectivity index (χ1n) is 30.0. The number of likely N-dealkylation sites (N-methyl/N-ethyl adjacent to an activating group) is 2. The highest BCUT2D eigenvalue weighted by Crippen LogP contribution is 2.63. The van der Waals surface area contributed by atoms with Crippen LogP contribution in [0.1, 0.15) is 105 Å². The Hall–Kier alpha value is -6.66. The van der Waals surface area contributed by atoms with Crippen molar-refractivity contribution in [3.05, 3.63) is 95.3 Å². The van der Waals surface area contributed by atoms with Crippen molar-refractivity contribution in [1.82, 2.24) is 35.7 Å². The SMILES string of the molecule is CN[C@@H](C)C(=O)N[C@H](C(=O)N1CCC[C@H]1C(=O)Nc1sc(NC(=O)COCCOCCOCCOCCOCCN(C)C(=O)Cc2cccc(CNC(=O)c3cc(/C=C/C4CC5(CC5)C4)c(OC)cn3)c2)nc1-c1ccccc1)C1CCCCC1. The summed E-state index contributed by atoms with van der Waals surface area (Å²) in [5, 5.41) is 15.4. The highest BCUT2D eigenvalue weighted by molar-refractivity contribution is 7.20. The summed E-state index contributed by atoms with van der Waals surface area (Å²) in [6.45, 7) is 5.57. The van der Waals surface area contributed by atoms with E-state index in [1.54, 1.807) is 50.2 Å². The molecule has 4 aliphatic rings. The van der Waals surface area contributed by atoms with E-state index < -0.39 is 24.0 Å². The van der Waals surface area contributed by atoms with Crippen LogP contribution >= 0.6 is 11.3 Å². The number of ether oxygens (including phenoxy) is 6. The molecule has 5 N–H and O–H groups in total. The van der Waals surface area contributed by atoms with Crippen LogP contribution in [0.2, 0.25) is 0 Å². The predicted molar refractivity (Wildman–Crippen MR) is 324 cm³/mol. The minimum Gasteiger partial charge on any atom is -0.495 e. The molecule has 0 unspecified atom stereocenters. The number of benzene rings is 2. The molecule has 460 valence electrons. The number of pyridine rings is 1. The molecule has 2 aromatic heterocycles. The lowest BCUT2D eigenvalue weighted by Gasteiger charge is -2.35. The molecule has 0 bridgehead atoms. The van der Waals surface area contributed by atoms with Gasteiger partial charge in [0.1, 0.15) is 40.8 Å². The quantitative estimate of drug-likeness (QED) is 0.0306. The summed E-state index contributed by atoms with van der Waals surface area (Å²) in [6.07, 6.45) is 17.1. The maximum atomic E-state index is 14.3. The molecule has 4 fully saturated rings. The second-order valence-corrected chi connectivity index (χ2v) is 23.5. The van der Waals surface area contributed by atoms with E-state index in [0.717, 1.165) is 65.7 Å². The van der Waals surface area contributed by atoms with E-state index >= 15 is 0 Å². The van der Waals surface area contributed by atoms with Crippen molar-refractivity contribution in [3.63, 3.8) is 0 Å². The highest BCUT2D eigenvalue weighted by Gasteiger charge is 2.51. The lowest BCUT2D eigenvalue weighted by Crippen LogP contribution is -2.57. The van der Waals surface area contributed by atoms with Crippen molar-refractivity contribution in [2.75, 3.05) is 111 Å². The Morgan fingerprint density at radius 3 is 2.18 bits per heavy atom. The first kappa shape index (κ1) is 64.3. The number of methoxy groups -OCH3 is 1. The molecule has 85 heavy (non-hydrogen) atoms. The molecule has 3 saturated carbocycles. The molecule has 2 aromatic carbocycles. The standard InChI is InChI=1S/C63H85N9O12S/c1-43(64-2)57(75)68-56(48-17-9-6-10-18-48)61(78)72-24-12-19-51(72)59(77)70-60-55(47-15-7-5-8-16-47)69-62(85-60)67-53(73)42-84-34-33-83-32-31-82-30-29-81-28-27-80-26-25-71(3)54(74)36-44-13-11-14-45(35-44)40-66-58(76)50-37-49(52(79-4)41-65-50)21-20-46-38-63(39-46)22-23-63/h5,7-8,11,13-16,20-21,35,37,41,43,46,48,51,56,64H,6,9-10,12,17-19,22-34,36,38-40,42H2,1-4H3,(H,66,76)(H,68,75)(H,70,77)(H,67,69,73)/b21-20+/t43-,51-,56-/m0/s1. The van der Waals surface area contributed by atoms with Gasteiger partial charge in [0.05, 0.1) is 85.2 Å². The normalized spacial score (nSPS) is 17.3. The number of carbonyl (C=O) groups is 6. The lowest BCUT2D eigenvalue weighted by atomic mass is 9.72. The van der Waals surface area contributed by atoms with Gasteiger partial charge in [0, 0.05) is 37.8 Å². The molecule has 6 amide bonds. The number of amides is 6. The van der Waals surface area contributed by atoms with Crippen molar-refractivity contribution in [1.29, 1.82) is 0 Å². The Bertz CT molecular complexity index is 2870. The zero-order valence-electron chi connectivity index (χ0n) is 49.7. The van der Waals surface area contributed by atoms with E-state index in [1.165, 1.54) is 25.7 Å². The lowest BCUT2D eigenvalue weighted by molar-refractivity contribution is -0.142. The van der Waals surface area contributed by atoms with Crippen molar-refractivity contribution in [2.45, 2.75) is 109 Å². The van der Waals surface area contributed by atoms with Gasteiger partial charge in [0.25, 0.3) is 11.8 Å². The number of hydrogen-bond donors (Lipinski definition) is 5. The van der Waals surface area contributed by atoms with E-state index in [4.69, 9.17) is 28.4 Å². The second kappa shape index (κ2) is 32.7. The number of hydrogen-bond acceptors (Lipinski definition) is 16. The topological polar surface area (TPSA) is 250 Å². The summed E-state index contributed by atoms with van der Waals surface area (Å²) in [4.78, 5) is 92.7. The summed E-state index contributed by atoms with van der Waals surface area (Å²) in [5.41, 5.74) is 4.71. The third kappa shape index (κ3) is 19.4. The molecular formula is C63H85N9O12S. The molecule has 4 aromatic rings. The number of nitrogens with one attached hydrogen (secondary N) is 5. The Morgan fingerprint density at radius 2 is 1.49 bits per heavy atom. The molecule has 0 radical (unpaired) electrons. The summed E-state index contributed by atoms with van der Waals surface area (Å²) in [6, 6.07) is 16.8. The molecule has 1 saturated heterocycles. The van der Waals surface area contributed by atoms with Crippen LogP contribution in [0.15, 0.2) is 72.9 Å². The van der Waals surface area contributed by atoms with Crippen LogP contribution in [0.25, 0.3) is 17.3 Å². The summed E-state index contributed by atoms with van der Waals surface area (Å²) in [7, 11) is 5.05. The van der Waals surface area contributed by atoms with Crippen molar-refractivity contribution >= 4 is 63.0 Å². The van der Waals surface area contributed by atoms with Gasteiger partial charge < -0.3 is 59.5 Å². The van der Waals surface area contributed by atoms with Crippen LogP contribution in [0, 0.1) is 17.3 Å². The third-order valence-corrected chi connectivity index (χ3v) is 17.2. The third-order valence-electron chi connectivity index (χ3n) is 16.3. The van der Waals surface area contributed by atoms with Gasteiger partial charge >= 0.3 is 0 Å². The van der Waals surface area contributed by atoms with Crippen molar-refractivity contribution < 1.29 is 57.2 Å². The molecular weight excluding hydrogens is 1110 g/mol. The monoisotopic (exact) mass is 1190 g/mol. The second-order valence-electron chi connectivity index (χ2n) is 22.5. The molecule has 8 rings (SSSR count). The van der Waals surface area contributed by atoms with Gasteiger partial charge in [0.15, 0.2) is 5.13 Å². The minimum absolute atomic E-state index is 0.00289. The smallest absolute Gasteiger partial charge is 0.270 e. The average molecular weight is 1190 g/mol. The summed E-state index contributed by atoms with van der Waals surface area (Å²) < 4.78 is 33.6. The van der Waals surface area contributed by atoms with Crippen LogP contribution in [0.5, 0.6) is 5.75 Å². The Morgan fingerprint density at radius 1 is 0.812 bits per heavy atom. The summed E-state index contributed by atoms with van der Waals surface area (Å²) >= 11 is 1.12. The molecule has 3 heterocycles. The zero-order valence-corrected chi connectivity index (χ0v) is 50.5. The van der Waals surface area contributed by atoms with E-state index in [2.05, 4.69) is 42.6 Å². The number of allylic oxidation sites excluding steroid dienone is 1. The van der Waals surface area contributed by atoms with E-state index in [1.807, 2.05) is 60.7 Å². The van der Waals surface area contributed by atoms with E-state index in [0.29, 0.717) is 112 Å². The number of anilines is 2. The Kier molecular flexibility index (Phi) is 24.8. The van der Waals surface area contributed by atoms with Crippen LogP contribution in [0.3, 0.4) is 0 Å². The highest BCUT2D eigenvalue weighted by atomic mass is 32.1. The largest absolute Gasteiger partial charge is 0.495 e. The zero-order chi connectivity index (χ0) is 60.0. The van der Waals surface area contributed by atoms with Crippen LogP contribution in [-0.2, 0) is 60.6 Å².